The van der Waals surface area contributed by atoms with Crippen LogP contribution in [0.3, 0.4) is 0 Å². The van der Waals surface area contributed by atoms with E-state index in [0.717, 1.165) is 25.1 Å². The number of carbonyl (C=O) groups is 2. The molecule has 7 nitrogen and oxygen atoms in total. The summed E-state index contributed by atoms with van der Waals surface area (Å²) in [5, 5.41) is 16.1. The number of hydrogen-bond acceptors (Lipinski definition) is 4. The Morgan fingerprint density at radius 2 is 2.15 bits per heavy atom. The molecular weight excluding hydrogens is 370 g/mol. The van der Waals surface area contributed by atoms with E-state index in [4.69, 9.17) is 21.4 Å². The molecule has 144 valence electrons. The zero-order valence-corrected chi connectivity index (χ0v) is 16.0. The first kappa shape index (κ1) is 19.2. The minimum atomic E-state index is -1.09. The van der Waals surface area contributed by atoms with Gasteiger partial charge >= 0.3 is 5.97 Å². The van der Waals surface area contributed by atoms with Gasteiger partial charge in [0.15, 0.2) is 6.61 Å². The van der Waals surface area contributed by atoms with Crippen LogP contribution in [0.15, 0.2) is 24.4 Å². The van der Waals surface area contributed by atoms with E-state index in [0.29, 0.717) is 23.1 Å². The second-order valence-electron chi connectivity index (χ2n) is 7.08. The van der Waals surface area contributed by atoms with Crippen molar-refractivity contribution in [3.05, 3.63) is 40.7 Å². The van der Waals surface area contributed by atoms with Crippen LogP contribution in [0.2, 0.25) is 5.02 Å². The van der Waals surface area contributed by atoms with Crippen LogP contribution in [0.1, 0.15) is 48.7 Å². The van der Waals surface area contributed by atoms with Crippen LogP contribution in [-0.4, -0.2) is 33.4 Å². The van der Waals surface area contributed by atoms with Crippen LogP contribution >= 0.6 is 11.6 Å². The summed E-state index contributed by atoms with van der Waals surface area (Å²) >= 11 is 6.11. The Morgan fingerprint density at radius 1 is 1.41 bits per heavy atom. The van der Waals surface area contributed by atoms with E-state index < -0.39 is 12.6 Å². The van der Waals surface area contributed by atoms with E-state index in [2.05, 4.69) is 24.3 Å². The number of ether oxygens (including phenoxy) is 1. The molecule has 0 aliphatic heterocycles. The number of carboxylic acids is 1. The van der Waals surface area contributed by atoms with Crippen LogP contribution < -0.4 is 10.1 Å². The second-order valence-corrected chi connectivity index (χ2v) is 7.48. The molecule has 0 bridgehead atoms. The fourth-order valence-electron chi connectivity index (χ4n) is 2.88. The molecule has 0 spiro atoms. The van der Waals surface area contributed by atoms with Crippen molar-refractivity contribution in [2.24, 2.45) is 5.92 Å². The predicted molar refractivity (Wildman–Crippen MR) is 102 cm³/mol. The van der Waals surface area contributed by atoms with Crippen molar-refractivity contribution in [3.63, 3.8) is 0 Å². The average Bonchev–Trinajstić information content (AvgIpc) is 3.34. The van der Waals surface area contributed by atoms with E-state index in [1.807, 2.05) is 4.68 Å². The number of benzene rings is 1. The Labute approximate surface area is 162 Å². The van der Waals surface area contributed by atoms with Gasteiger partial charge in [-0.2, -0.15) is 5.10 Å². The maximum absolute atomic E-state index is 12.8. The molecule has 27 heavy (non-hydrogen) atoms. The van der Waals surface area contributed by atoms with Gasteiger partial charge in [0.1, 0.15) is 5.75 Å². The number of nitrogens with zero attached hydrogens (tertiary/aromatic N) is 2. The standard InChI is InChI=1S/C19H22ClN3O4/c1-11(2)9-23-18(12-3-4-12)14(8-21-23)19(26)22-13-5-6-16(15(20)7-13)27-10-17(24)25/h5-8,11-12H,3-4,9-10H2,1-2H3,(H,22,26)(H,24,25). The number of nitrogens with one attached hydrogen (secondary N) is 1. The van der Waals surface area contributed by atoms with Gasteiger partial charge in [0.05, 0.1) is 22.5 Å². The van der Waals surface area contributed by atoms with Gasteiger partial charge in [-0.1, -0.05) is 25.4 Å². The molecule has 1 aliphatic rings. The van der Waals surface area contributed by atoms with Gasteiger partial charge in [0.2, 0.25) is 0 Å². The van der Waals surface area contributed by atoms with Crippen LogP contribution in [0.25, 0.3) is 0 Å². The number of anilines is 1. The minimum absolute atomic E-state index is 0.229. The number of halogens is 1. The molecule has 1 saturated carbocycles. The van der Waals surface area contributed by atoms with Crippen LogP contribution in [0.5, 0.6) is 5.75 Å². The Balaban J connectivity index is 1.75. The summed E-state index contributed by atoms with van der Waals surface area (Å²) in [5.74, 6) is -0.241. The van der Waals surface area contributed by atoms with Crippen LogP contribution in [0, 0.1) is 5.92 Å². The van der Waals surface area contributed by atoms with Gasteiger partial charge in [-0.3, -0.25) is 9.48 Å². The number of aliphatic carboxylic acids is 1. The van der Waals surface area contributed by atoms with Crippen molar-refractivity contribution in [2.45, 2.75) is 39.2 Å². The first-order chi connectivity index (χ1) is 12.8. The lowest BCUT2D eigenvalue weighted by Crippen LogP contribution is -2.16. The van der Waals surface area contributed by atoms with Gasteiger partial charge in [-0.15, -0.1) is 0 Å². The number of carbonyl (C=O) groups excluding carboxylic acids is 1. The Morgan fingerprint density at radius 3 is 2.74 bits per heavy atom. The molecule has 1 fully saturated rings. The molecule has 3 rings (SSSR count). The molecule has 8 heteroatoms. The van der Waals surface area contributed by atoms with Gasteiger partial charge in [0, 0.05) is 18.2 Å². The van der Waals surface area contributed by atoms with Crippen molar-refractivity contribution in [1.29, 1.82) is 0 Å². The maximum atomic E-state index is 12.8. The monoisotopic (exact) mass is 391 g/mol. The second kappa shape index (κ2) is 8.00. The quantitative estimate of drug-likeness (QED) is 0.714. The fourth-order valence-corrected chi connectivity index (χ4v) is 3.12. The van der Waals surface area contributed by atoms with E-state index in [9.17, 15) is 9.59 Å². The third-order valence-corrected chi connectivity index (χ3v) is 4.46. The smallest absolute Gasteiger partial charge is 0.341 e. The normalized spacial score (nSPS) is 13.6. The molecule has 1 heterocycles. The molecular formula is C19H22ClN3O4. The summed E-state index contributed by atoms with van der Waals surface area (Å²) in [4.78, 5) is 23.3. The fraction of sp³-hybridized carbons (Fsp3) is 0.421. The molecule has 0 unspecified atom stereocenters. The molecule has 0 saturated heterocycles. The number of rotatable bonds is 8. The summed E-state index contributed by atoms with van der Waals surface area (Å²) in [7, 11) is 0. The van der Waals surface area contributed by atoms with Crippen molar-refractivity contribution >= 4 is 29.2 Å². The number of amides is 1. The molecule has 1 aliphatic carbocycles. The number of hydrogen-bond donors (Lipinski definition) is 2. The summed E-state index contributed by atoms with van der Waals surface area (Å²) in [6.45, 7) is 4.54. The number of aromatic nitrogens is 2. The van der Waals surface area contributed by atoms with E-state index >= 15 is 0 Å². The van der Waals surface area contributed by atoms with Crippen molar-refractivity contribution < 1.29 is 19.4 Å². The highest BCUT2D eigenvalue weighted by molar-refractivity contribution is 6.32. The Kier molecular flexibility index (Phi) is 5.70. The third kappa shape index (κ3) is 4.80. The van der Waals surface area contributed by atoms with Crippen LogP contribution in [0.4, 0.5) is 5.69 Å². The van der Waals surface area contributed by atoms with E-state index in [1.54, 1.807) is 12.3 Å². The van der Waals surface area contributed by atoms with Crippen molar-refractivity contribution in [1.82, 2.24) is 9.78 Å². The largest absolute Gasteiger partial charge is 0.480 e. The lowest BCUT2D eigenvalue weighted by Gasteiger charge is -2.12. The molecule has 1 amide bonds. The first-order valence-electron chi connectivity index (χ1n) is 8.86. The molecule has 2 aromatic rings. The average molecular weight is 392 g/mol. The number of carboxylic acid groups (broad SMARTS) is 1. The Hall–Kier alpha value is -2.54. The highest BCUT2D eigenvalue weighted by Crippen LogP contribution is 2.42. The first-order valence-corrected chi connectivity index (χ1v) is 9.24. The zero-order chi connectivity index (χ0) is 19.6. The van der Waals surface area contributed by atoms with Crippen molar-refractivity contribution in [3.8, 4) is 5.75 Å². The summed E-state index contributed by atoms with van der Waals surface area (Å²) in [6.07, 6.45) is 3.77. The molecule has 0 atom stereocenters. The maximum Gasteiger partial charge on any atom is 0.341 e. The highest BCUT2D eigenvalue weighted by atomic mass is 35.5. The van der Waals surface area contributed by atoms with Gasteiger partial charge in [-0.25, -0.2) is 4.79 Å². The summed E-state index contributed by atoms with van der Waals surface area (Å²) in [6, 6.07) is 4.69. The SMILES string of the molecule is CC(C)Cn1ncc(C(=O)Nc2ccc(OCC(=O)O)c(Cl)c2)c1C1CC1. The minimum Gasteiger partial charge on any atom is -0.480 e. The Bertz CT molecular complexity index is 859. The van der Waals surface area contributed by atoms with Gasteiger partial charge in [-0.05, 0) is 37.0 Å². The highest BCUT2D eigenvalue weighted by Gasteiger charge is 2.32. The summed E-state index contributed by atoms with van der Waals surface area (Å²) in [5.41, 5.74) is 2.08. The summed E-state index contributed by atoms with van der Waals surface area (Å²) < 4.78 is 7.02. The van der Waals surface area contributed by atoms with E-state index in [1.165, 1.54) is 12.1 Å². The molecule has 1 aromatic heterocycles. The molecule has 0 radical (unpaired) electrons. The van der Waals surface area contributed by atoms with E-state index in [-0.39, 0.29) is 16.7 Å². The lowest BCUT2D eigenvalue weighted by atomic mass is 10.1. The van der Waals surface area contributed by atoms with Gasteiger partial charge < -0.3 is 15.2 Å². The predicted octanol–water partition coefficient (Wildman–Crippen LogP) is 3.79. The third-order valence-electron chi connectivity index (χ3n) is 4.17. The molecule has 1 aromatic carbocycles. The lowest BCUT2D eigenvalue weighted by molar-refractivity contribution is -0.139. The van der Waals surface area contributed by atoms with Gasteiger partial charge in [0.25, 0.3) is 5.91 Å². The topological polar surface area (TPSA) is 93.5 Å². The molecule has 2 N–H and O–H groups in total. The van der Waals surface area contributed by atoms with Crippen LogP contribution in [-0.2, 0) is 11.3 Å². The van der Waals surface area contributed by atoms with Crippen molar-refractivity contribution in [2.75, 3.05) is 11.9 Å². The zero-order valence-electron chi connectivity index (χ0n) is 15.2.